The number of rotatable bonds is 3. The first-order chi connectivity index (χ1) is 11.6. The van der Waals surface area contributed by atoms with Crippen LogP contribution in [0.1, 0.15) is 27.2 Å². The van der Waals surface area contributed by atoms with Gasteiger partial charge in [-0.25, -0.2) is 0 Å². The lowest BCUT2D eigenvalue weighted by Gasteiger charge is -2.36. The maximum Gasteiger partial charge on any atom is 0.250 e. The molecule has 1 saturated heterocycles. The van der Waals surface area contributed by atoms with Crippen molar-refractivity contribution in [2.24, 2.45) is 5.73 Å². The van der Waals surface area contributed by atoms with Crippen LogP contribution in [0.5, 0.6) is 5.75 Å². The zero-order chi connectivity index (χ0) is 18.4. The molecule has 26 heavy (non-hydrogen) atoms. The van der Waals surface area contributed by atoms with E-state index >= 15 is 0 Å². The van der Waals surface area contributed by atoms with E-state index < -0.39 is 8.32 Å². The molecule has 0 bridgehead atoms. The molecule has 0 radical (unpaired) electrons. The summed E-state index contributed by atoms with van der Waals surface area (Å²) in [6.07, 6.45) is 0.704. The summed E-state index contributed by atoms with van der Waals surface area (Å²) in [6.45, 7) is 11.9. The fourth-order valence-corrected chi connectivity index (χ4v) is 3.95. The average molecular weight is 393 g/mol. The molecule has 0 spiro atoms. The Labute approximate surface area is 163 Å². The summed E-state index contributed by atoms with van der Waals surface area (Å²) in [5.74, 6) is 0.880. The van der Waals surface area contributed by atoms with E-state index in [0.717, 1.165) is 22.2 Å². The second-order valence-electron chi connectivity index (χ2n) is 8.41. The predicted molar refractivity (Wildman–Crippen MR) is 114 cm³/mol. The van der Waals surface area contributed by atoms with Gasteiger partial charge >= 0.3 is 0 Å². The Balaban J connectivity index is 0.00000243. The molecule has 142 valence electrons. The van der Waals surface area contributed by atoms with Gasteiger partial charge in [-0.3, -0.25) is 4.79 Å². The Bertz CT molecular complexity index is 817. The van der Waals surface area contributed by atoms with E-state index in [1.807, 2.05) is 23.1 Å². The molecule has 6 heteroatoms. The molecule has 2 N–H and O–H groups in total. The topological polar surface area (TPSA) is 55.6 Å². The molecule has 1 aliphatic heterocycles. The maximum atomic E-state index is 12.4. The molecule has 1 heterocycles. The standard InChI is InChI=1S/C20H28N2O2Si.ClH/c1-20(2,3)25(4,5)24-15-10-9-14-7-6-8-18(16(14)13-15)22-12-11-17(21)19(22)23;/h6-10,13,17H,11-12,21H2,1-5H3;1H. The van der Waals surface area contributed by atoms with Crippen LogP contribution in [0, 0.1) is 0 Å². The molecule has 1 fully saturated rings. The van der Waals surface area contributed by atoms with Crippen LogP contribution in [0.25, 0.3) is 10.8 Å². The van der Waals surface area contributed by atoms with E-state index in [9.17, 15) is 4.79 Å². The Kier molecular flexibility index (Phi) is 5.76. The van der Waals surface area contributed by atoms with Gasteiger partial charge in [0.1, 0.15) is 5.75 Å². The number of nitrogens with zero attached hydrogens (tertiary/aromatic N) is 1. The molecule has 1 unspecified atom stereocenters. The SMILES string of the molecule is CC(C)(C)[Si](C)(C)Oc1ccc2cccc(N3CCC(N)C3=O)c2c1.Cl. The van der Waals surface area contributed by atoms with Crippen LogP contribution in [-0.2, 0) is 4.79 Å². The van der Waals surface area contributed by atoms with Gasteiger partial charge < -0.3 is 15.1 Å². The van der Waals surface area contributed by atoms with Crippen LogP contribution in [0.2, 0.25) is 18.1 Å². The highest BCUT2D eigenvalue weighted by Crippen LogP contribution is 2.39. The van der Waals surface area contributed by atoms with E-state index in [2.05, 4.69) is 52.1 Å². The third-order valence-electron chi connectivity index (χ3n) is 5.55. The monoisotopic (exact) mass is 392 g/mol. The number of halogens is 1. The number of fused-ring (bicyclic) bond motifs is 1. The van der Waals surface area contributed by atoms with Crippen LogP contribution in [0.3, 0.4) is 0 Å². The number of anilines is 1. The van der Waals surface area contributed by atoms with E-state index in [4.69, 9.17) is 10.2 Å². The van der Waals surface area contributed by atoms with Crippen molar-refractivity contribution in [1.82, 2.24) is 0 Å². The van der Waals surface area contributed by atoms with Gasteiger partial charge in [0.2, 0.25) is 14.2 Å². The second-order valence-corrected chi connectivity index (χ2v) is 13.1. The zero-order valence-corrected chi connectivity index (χ0v) is 18.0. The molecule has 3 rings (SSSR count). The van der Waals surface area contributed by atoms with Crippen LogP contribution >= 0.6 is 12.4 Å². The van der Waals surface area contributed by atoms with Crippen molar-refractivity contribution >= 4 is 43.1 Å². The fraction of sp³-hybridized carbons (Fsp3) is 0.450. The first-order valence-corrected chi connectivity index (χ1v) is 11.8. The molecule has 0 aromatic heterocycles. The van der Waals surface area contributed by atoms with Gasteiger partial charge in [0.15, 0.2) is 0 Å². The molecule has 1 atom stereocenters. The maximum absolute atomic E-state index is 12.4. The summed E-state index contributed by atoms with van der Waals surface area (Å²) >= 11 is 0. The Morgan fingerprint density at radius 1 is 1.19 bits per heavy atom. The van der Waals surface area contributed by atoms with Crippen molar-refractivity contribution < 1.29 is 9.22 Å². The highest BCUT2D eigenvalue weighted by molar-refractivity contribution is 6.74. The number of carbonyl (C=O) groups excluding carboxylic acids is 1. The summed E-state index contributed by atoms with van der Waals surface area (Å²) in [4.78, 5) is 14.2. The largest absolute Gasteiger partial charge is 0.543 e. The predicted octanol–water partition coefficient (Wildman–Crippen LogP) is 4.71. The molecule has 1 aliphatic rings. The molecule has 4 nitrogen and oxygen atoms in total. The number of amides is 1. The second kappa shape index (κ2) is 7.22. The molecular weight excluding hydrogens is 364 g/mol. The molecule has 2 aromatic carbocycles. The minimum Gasteiger partial charge on any atom is -0.543 e. The van der Waals surface area contributed by atoms with Crippen LogP contribution in [-0.4, -0.2) is 26.8 Å². The van der Waals surface area contributed by atoms with Crippen molar-refractivity contribution in [3.05, 3.63) is 36.4 Å². The molecular formula is C20H29ClN2O2Si. The van der Waals surface area contributed by atoms with Crippen molar-refractivity contribution in [1.29, 1.82) is 0 Å². The zero-order valence-electron chi connectivity index (χ0n) is 16.2. The molecule has 2 aromatic rings. The lowest BCUT2D eigenvalue weighted by Crippen LogP contribution is -2.43. The van der Waals surface area contributed by atoms with Gasteiger partial charge in [-0.15, -0.1) is 12.4 Å². The first-order valence-electron chi connectivity index (χ1n) is 8.89. The van der Waals surface area contributed by atoms with Gasteiger partial charge in [-0.2, -0.15) is 0 Å². The summed E-state index contributed by atoms with van der Waals surface area (Å²) in [5.41, 5.74) is 6.83. The smallest absolute Gasteiger partial charge is 0.250 e. The quantitative estimate of drug-likeness (QED) is 0.769. The van der Waals surface area contributed by atoms with Gasteiger partial charge in [-0.05, 0) is 48.1 Å². The first kappa shape index (κ1) is 20.7. The van der Waals surface area contributed by atoms with E-state index in [-0.39, 0.29) is 29.4 Å². The number of benzene rings is 2. The van der Waals surface area contributed by atoms with Crippen LogP contribution in [0.4, 0.5) is 5.69 Å². The average Bonchev–Trinajstić information content (AvgIpc) is 2.85. The Morgan fingerprint density at radius 2 is 1.88 bits per heavy atom. The minimum atomic E-state index is -1.91. The number of hydrogen-bond donors (Lipinski definition) is 1. The van der Waals surface area contributed by atoms with Gasteiger partial charge in [0.05, 0.1) is 11.7 Å². The van der Waals surface area contributed by atoms with Crippen molar-refractivity contribution in [2.75, 3.05) is 11.4 Å². The summed E-state index contributed by atoms with van der Waals surface area (Å²) in [7, 11) is -1.91. The number of carbonyl (C=O) groups is 1. The van der Waals surface area contributed by atoms with Crippen LogP contribution in [0.15, 0.2) is 36.4 Å². The number of nitrogens with two attached hydrogens (primary N) is 1. The highest BCUT2D eigenvalue weighted by atomic mass is 35.5. The Morgan fingerprint density at radius 3 is 2.46 bits per heavy atom. The molecule has 0 aliphatic carbocycles. The van der Waals surface area contributed by atoms with Crippen molar-refractivity contribution in [3.63, 3.8) is 0 Å². The van der Waals surface area contributed by atoms with Gasteiger partial charge in [0, 0.05) is 11.9 Å². The fourth-order valence-electron chi connectivity index (χ4n) is 2.92. The summed E-state index contributed by atoms with van der Waals surface area (Å²) < 4.78 is 6.45. The van der Waals surface area contributed by atoms with Crippen LogP contribution < -0.4 is 15.1 Å². The normalized spacial score (nSPS) is 18.2. The highest BCUT2D eigenvalue weighted by Gasteiger charge is 2.39. The third-order valence-corrected chi connectivity index (χ3v) is 9.91. The Hall–Kier alpha value is -1.56. The number of hydrogen-bond acceptors (Lipinski definition) is 3. The van der Waals surface area contributed by atoms with E-state index in [0.29, 0.717) is 13.0 Å². The summed E-state index contributed by atoms with van der Waals surface area (Å²) in [5, 5.41) is 2.29. The third kappa shape index (κ3) is 3.75. The van der Waals surface area contributed by atoms with Crippen molar-refractivity contribution in [2.45, 2.75) is 51.4 Å². The van der Waals surface area contributed by atoms with E-state index in [1.165, 1.54) is 0 Å². The van der Waals surface area contributed by atoms with Gasteiger partial charge in [0.25, 0.3) is 0 Å². The van der Waals surface area contributed by atoms with Crippen molar-refractivity contribution in [3.8, 4) is 5.75 Å². The lowest BCUT2D eigenvalue weighted by molar-refractivity contribution is -0.118. The van der Waals surface area contributed by atoms with Gasteiger partial charge in [-0.1, -0.05) is 39.0 Å². The lowest BCUT2D eigenvalue weighted by atomic mass is 10.1. The van der Waals surface area contributed by atoms with E-state index in [1.54, 1.807) is 0 Å². The minimum absolute atomic E-state index is 0. The summed E-state index contributed by atoms with van der Waals surface area (Å²) in [6, 6.07) is 11.8. The molecule has 1 amide bonds. The molecule has 0 saturated carbocycles.